The maximum atomic E-state index is 12.1. The Bertz CT molecular complexity index is 1100. The van der Waals surface area contributed by atoms with Crippen molar-refractivity contribution in [2.75, 3.05) is 20.3 Å². The molecule has 0 saturated carbocycles. The first-order valence-corrected chi connectivity index (χ1v) is 10.0. The Kier molecular flexibility index (Phi) is 5.33. The molecule has 0 atom stereocenters. The van der Waals surface area contributed by atoms with Crippen LogP contribution in [0.5, 0.6) is 11.5 Å². The molecule has 152 valence electrons. The van der Waals surface area contributed by atoms with Gasteiger partial charge in [-0.1, -0.05) is 19.9 Å². The van der Waals surface area contributed by atoms with Gasteiger partial charge in [0.1, 0.15) is 18.8 Å². The van der Waals surface area contributed by atoms with Gasteiger partial charge in [-0.3, -0.25) is 4.90 Å². The highest BCUT2D eigenvalue weighted by atomic mass is 16.6. The third-order valence-corrected chi connectivity index (χ3v) is 5.34. The lowest BCUT2D eigenvalue weighted by atomic mass is 9.95. The molecule has 0 saturated heterocycles. The predicted molar refractivity (Wildman–Crippen MR) is 114 cm³/mol. The van der Waals surface area contributed by atoms with E-state index in [2.05, 4.69) is 44.9 Å². The summed E-state index contributed by atoms with van der Waals surface area (Å²) < 4.78 is 16.8. The minimum atomic E-state index is -0.308. The van der Waals surface area contributed by atoms with Gasteiger partial charge in [-0.25, -0.2) is 4.79 Å². The highest BCUT2D eigenvalue weighted by Gasteiger charge is 2.15. The van der Waals surface area contributed by atoms with Crippen LogP contribution < -0.4 is 15.1 Å². The normalized spacial score (nSPS) is 13.4. The molecule has 2 heterocycles. The molecule has 1 aliphatic heterocycles. The van der Waals surface area contributed by atoms with Crippen molar-refractivity contribution < 1.29 is 13.9 Å². The van der Waals surface area contributed by atoms with Crippen LogP contribution in [0.3, 0.4) is 0 Å². The molecule has 0 amide bonds. The van der Waals surface area contributed by atoms with E-state index in [1.54, 1.807) is 6.07 Å². The lowest BCUT2D eigenvalue weighted by molar-refractivity contribution is 0.171. The summed E-state index contributed by atoms with van der Waals surface area (Å²) in [5, 5.41) is 1.01. The van der Waals surface area contributed by atoms with E-state index < -0.39 is 0 Å². The van der Waals surface area contributed by atoms with E-state index in [0.717, 1.165) is 40.1 Å². The lowest BCUT2D eigenvalue weighted by Gasteiger charge is -2.21. The lowest BCUT2D eigenvalue weighted by Crippen LogP contribution is -2.19. The molecule has 1 aromatic heterocycles. The average Bonchev–Trinajstić information content (AvgIpc) is 2.67. The minimum absolute atomic E-state index is 0.308. The summed E-state index contributed by atoms with van der Waals surface area (Å²) in [5.41, 5.74) is 4.90. The highest BCUT2D eigenvalue weighted by molar-refractivity contribution is 5.82. The molecule has 0 N–H and O–H groups in total. The van der Waals surface area contributed by atoms with E-state index in [1.165, 1.54) is 5.56 Å². The van der Waals surface area contributed by atoms with E-state index in [0.29, 0.717) is 31.3 Å². The molecule has 5 heteroatoms. The summed E-state index contributed by atoms with van der Waals surface area (Å²) >= 11 is 0. The summed E-state index contributed by atoms with van der Waals surface area (Å²) in [6, 6.07) is 11.8. The van der Waals surface area contributed by atoms with Crippen molar-refractivity contribution in [3.63, 3.8) is 0 Å². The van der Waals surface area contributed by atoms with Gasteiger partial charge in [0.25, 0.3) is 0 Å². The Balaban J connectivity index is 1.61. The zero-order chi connectivity index (χ0) is 20.5. The third-order valence-electron chi connectivity index (χ3n) is 5.34. The van der Waals surface area contributed by atoms with E-state index in [1.807, 2.05) is 18.2 Å². The number of nitrogens with zero attached hydrogens (tertiary/aromatic N) is 1. The molecule has 2 aromatic carbocycles. The summed E-state index contributed by atoms with van der Waals surface area (Å²) in [4.78, 5) is 14.3. The van der Waals surface area contributed by atoms with Crippen LogP contribution in [0.2, 0.25) is 0 Å². The Morgan fingerprint density at radius 3 is 2.52 bits per heavy atom. The summed E-state index contributed by atoms with van der Waals surface area (Å²) in [6.45, 7) is 8.99. The number of aryl methyl sites for hydroxylation is 1. The van der Waals surface area contributed by atoms with E-state index >= 15 is 0 Å². The third kappa shape index (κ3) is 4.15. The molecule has 0 radical (unpaired) electrons. The second-order valence-electron chi connectivity index (χ2n) is 8.10. The monoisotopic (exact) mass is 393 g/mol. The van der Waals surface area contributed by atoms with Crippen molar-refractivity contribution in [3.05, 3.63) is 69.1 Å². The molecule has 0 bridgehead atoms. The number of hydrogen-bond acceptors (Lipinski definition) is 5. The maximum Gasteiger partial charge on any atom is 0.336 e. The second-order valence-corrected chi connectivity index (χ2v) is 8.10. The van der Waals surface area contributed by atoms with Crippen LogP contribution in [0.1, 0.15) is 42.0 Å². The zero-order valence-electron chi connectivity index (χ0n) is 17.5. The smallest absolute Gasteiger partial charge is 0.336 e. The Labute approximate surface area is 170 Å². The van der Waals surface area contributed by atoms with Crippen LogP contribution in [0, 0.1) is 6.92 Å². The van der Waals surface area contributed by atoms with Gasteiger partial charge < -0.3 is 13.9 Å². The average molecular weight is 393 g/mol. The van der Waals surface area contributed by atoms with Crippen molar-refractivity contribution in [1.82, 2.24) is 4.90 Å². The molecule has 29 heavy (non-hydrogen) atoms. The van der Waals surface area contributed by atoms with Gasteiger partial charge in [-0.2, -0.15) is 0 Å². The van der Waals surface area contributed by atoms with Crippen LogP contribution in [-0.4, -0.2) is 25.2 Å². The van der Waals surface area contributed by atoms with Crippen LogP contribution in [0.4, 0.5) is 0 Å². The van der Waals surface area contributed by atoms with Crippen LogP contribution in [-0.2, 0) is 13.1 Å². The fourth-order valence-corrected chi connectivity index (χ4v) is 3.99. The molecular weight excluding hydrogens is 366 g/mol. The van der Waals surface area contributed by atoms with Crippen molar-refractivity contribution >= 4 is 11.0 Å². The topological polar surface area (TPSA) is 51.9 Å². The number of ether oxygens (including phenoxy) is 2. The first kappa shape index (κ1) is 19.5. The van der Waals surface area contributed by atoms with Crippen molar-refractivity contribution in [2.24, 2.45) is 0 Å². The highest BCUT2D eigenvalue weighted by Crippen LogP contribution is 2.31. The molecule has 0 aliphatic carbocycles. The summed E-state index contributed by atoms with van der Waals surface area (Å²) in [7, 11) is 2.05. The first-order chi connectivity index (χ1) is 13.9. The van der Waals surface area contributed by atoms with Crippen LogP contribution in [0.25, 0.3) is 11.0 Å². The Morgan fingerprint density at radius 2 is 1.76 bits per heavy atom. The molecular formula is C24H27NO4. The SMILES string of the molecule is Cc1cc2oc(=O)cc(CN(C)Cc3ccc4c(c3)OCCO4)c2cc1C(C)C. The van der Waals surface area contributed by atoms with Crippen molar-refractivity contribution in [2.45, 2.75) is 39.8 Å². The molecule has 0 spiro atoms. The minimum Gasteiger partial charge on any atom is -0.486 e. The van der Waals surface area contributed by atoms with Gasteiger partial charge in [0, 0.05) is 24.5 Å². The second kappa shape index (κ2) is 7.91. The Hall–Kier alpha value is -2.79. The van der Waals surface area contributed by atoms with Gasteiger partial charge in [-0.05, 0) is 66.4 Å². The number of rotatable bonds is 5. The molecule has 1 aliphatic rings. The largest absolute Gasteiger partial charge is 0.486 e. The van der Waals surface area contributed by atoms with E-state index in [-0.39, 0.29) is 5.63 Å². The molecule has 4 rings (SSSR count). The number of hydrogen-bond donors (Lipinski definition) is 0. The molecule has 0 unspecified atom stereocenters. The Morgan fingerprint density at radius 1 is 1.00 bits per heavy atom. The number of benzene rings is 2. The summed E-state index contributed by atoms with van der Waals surface area (Å²) in [5.74, 6) is 2.01. The maximum absolute atomic E-state index is 12.1. The summed E-state index contributed by atoms with van der Waals surface area (Å²) in [6.07, 6.45) is 0. The molecule has 5 nitrogen and oxygen atoms in total. The number of fused-ring (bicyclic) bond motifs is 2. The zero-order valence-corrected chi connectivity index (χ0v) is 17.5. The van der Waals surface area contributed by atoms with Gasteiger partial charge in [0.15, 0.2) is 11.5 Å². The predicted octanol–water partition coefficient (Wildman–Crippen LogP) is 4.63. The first-order valence-electron chi connectivity index (χ1n) is 10.0. The van der Waals surface area contributed by atoms with Gasteiger partial charge >= 0.3 is 5.63 Å². The van der Waals surface area contributed by atoms with Gasteiger partial charge in [0.2, 0.25) is 0 Å². The van der Waals surface area contributed by atoms with Crippen LogP contribution >= 0.6 is 0 Å². The van der Waals surface area contributed by atoms with Crippen LogP contribution in [0.15, 0.2) is 45.6 Å². The quantitative estimate of drug-likeness (QED) is 0.592. The fraction of sp³-hybridized carbons (Fsp3) is 0.375. The van der Waals surface area contributed by atoms with E-state index in [9.17, 15) is 4.79 Å². The van der Waals surface area contributed by atoms with Gasteiger partial charge in [0.05, 0.1) is 0 Å². The molecule has 0 fully saturated rings. The van der Waals surface area contributed by atoms with Crippen molar-refractivity contribution in [3.8, 4) is 11.5 Å². The fourth-order valence-electron chi connectivity index (χ4n) is 3.99. The van der Waals surface area contributed by atoms with Crippen molar-refractivity contribution in [1.29, 1.82) is 0 Å². The molecule has 3 aromatic rings. The van der Waals surface area contributed by atoms with Gasteiger partial charge in [-0.15, -0.1) is 0 Å². The van der Waals surface area contributed by atoms with E-state index in [4.69, 9.17) is 13.9 Å². The standard InChI is InChI=1S/C24H27NO4/c1-15(2)19-12-20-18(11-24(26)29-22(20)9-16(19)3)14-25(4)13-17-5-6-21-23(10-17)28-8-7-27-21/h5-6,9-12,15H,7-8,13-14H2,1-4H3.